The summed E-state index contributed by atoms with van der Waals surface area (Å²) in [7, 11) is -8.29. The summed E-state index contributed by atoms with van der Waals surface area (Å²) >= 11 is 0. The van der Waals surface area contributed by atoms with E-state index in [4.69, 9.17) is 19.6 Å². The molecule has 0 atom stereocenters. The smallest absolute Gasteiger partial charge is 0.341 e. The van der Waals surface area contributed by atoms with Gasteiger partial charge in [-0.15, -0.1) is 0 Å². The second-order valence-electron chi connectivity index (χ2n) is 4.13. The maximum Gasteiger partial charge on any atom is 0.341 e. The van der Waals surface area contributed by atoms with Crippen LogP contribution in [0.2, 0.25) is 0 Å². The minimum absolute atomic E-state index is 0.331. The summed E-state index contributed by atoms with van der Waals surface area (Å²) in [6.07, 6.45) is 1.08. The number of pyridine rings is 1. The molecule has 8 nitrogen and oxygen atoms in total. The summed E-state index contributed by atoms with van der Waals surface area (Å²) in [5.41, 5.74) is 1.07. The number of nitrogens with one attached hydrogen (secondary N) is 1. The lowest BCUT2D eigenvalue weighted by molar-refractivity contribution is 0.338. The fraction of sp³-hybridized carbons (Fsp3) is 0.444. The van der Waals surface area contributed by atoms with Crippen LogP contribution < -0.4 is 5.32 Å². The number of rotatable bonds is 5. The van der Waals surface area contributed by atoms with Crippen LogP contribution in [-0.4, -0.2) is 37.0 Å². The van der Waals surface area contributed by atoms with Crippen molar-refractivity contribution in [2.75, 3.05) is 12.4 Å². The van der Waals surface area contributed by atoms with Crippen molar-refractivity contribution in [3.8, 4) is 0 Å². The van der Waals surface area contributed by atoms with E-state index in [-0.39, 0.29) is 0 Å². The molecule has 0 amide bonds. The summed E-state index contributed by atoms with van der Waals surface area (Å²) in [4.78, 5) is 40.3. The molecule has 0 radical (unpaired) electrons. The average Bonchev–Trinajstić information content (AvgIpc) is 2.23. The predicted molar refractivity (Wildman–Crippen MR) is 70.1 cm³/mol. The molecule has 0 aliphatic heterocycles. The number of aryl methyl sites for hydroxylation is 1. The van der Waals surface area contributed by atoms with Crippen molar-refractivity contribution in [1.29, 1.82) is 0 Å². The van der Waals surface area contributed by atoms with Crippen LogP contribution in [0, 0.1) is 6.92 Å². The van der Waals surface area contributed by atoms with Gasteiger partial charge >= 0.3 is 15.2 Å². The molecule has 1 aromatic rings. The standard InChI is InChI=1S/C9H16N2O6P2/c1-6-3-7(9(10-2)11-5-6)4-8(18(12,13)14)19(15,16)17/h3,5,8H,4H2,1-2H3,(H,10,11)(H2,12,13,14)(H2,15,16,17). The molecule has 0 unspecified atom stereocenters. The maximum absolute atomic E-state index is 11.2. The van der Waals surface area contributed by atoms with E-state index in [0.29, 0.717) is 11.4 Å². The van der Waals surface area contributed by atoms with Gasteiger partial charge in [-0.3, -0.25) is 9.13 Å². The van der Waals surface area contributed by atoms with Crippen LogP contribution >= 0.6 is 15.2 Å². The highest BCUT2D eigenvalue weighted by atomic mass is 31.2. The van der Waals surface area contributed by atoms with Gasteiger partial charge in [-0.1, -0.05) is 6.07 Å². The average molecular weight is 310 g/mol. The fourth-order valence-corrected chi connectivity index (χ4v) is 4.08. The molecule has 0 saturated carbocycles. The largest absolute Gasteiger partial charge is 0.373 e. The van der Waals surface area contributed by atoms with Gasteiger partial charge in [0.25, 0.3) is 0 Å². The fourth-order valence-electron chi connectivity index (χ4n) is 1.64. The number of aromatic nitrogens is 1. The minimum atomic E-state index is -4.93. The first kappa shape index (κ1) is 16.3. The Hall–Kier alpha value is -0.750. The maximum atomic E-state index is 11.2. The second-order valence-corrected chi connectivity index (χ2v) is 8.14. The highest BCUT2D eigenvalue weighted by Crippen LogP contribution is 2.61. The third kappa shape index (κ3) is 4.38. The normalized spacial score (nSPS) is 12.8. The highest BCUT2D eigenvalue weighted by molar-refractivity contribution is 7.70. The molecule has 1 heterocycles. The van der Waals surface area contributed by atoms with E-state index < -0.39 is 27.0 Å². The van der Waals surface area contributed by atoms with Gasteiger partial charge < -0.3 is 24.9 Å². The highest BCUT2D eigenvalue weighted by Gasteiger charge is 2.43. The summed E-state index contributed by atoms with van der Waals surface area (Å²) in [5.74, 6) is 0.331. The second kappa shape index (κ2) is 5.71. The summed E-state index contributed by atoms with van der Waals surface area (Å²) in [5, 5.41) is 0.654. The molecule has 1 rings (SSSR count). The van der Waals surface area contributed by atoms with Crippen molar-refractivity contribution < 1.29 is 28.7 Å². The van der Waals surface area contributed by atoms with Crippen molar-refractivity contribution in [3.05, 3.63) is 23.4 Å². The van der Waals surface area contributed by atoms with Crippen LogP contribution in [0.5, 0.6) is 0 Å². The molecule has 108 valence electrons. The van der Waals surface area contributed by atoms with E-state index in [1.807, 2.05) is 0 Å². The van der Waals surface area contributed by atoms with Gasteiger partial charge in [0.15, 0.2) is 5.40 Å². The van der Waals surface area contributed by atoms with Crippen LogP contribution in [0.25, 0.3) is 0 Å². The molecule has 10 heteroatoms. The minimum Gasteiger partial charge on any atom is -0.373 e. The first-order valence-electron chi connectivity index (χ1n) is 5.29. The van der Waals surface area contributed by atoms with Gasteiger partial charge in [-0.25, -0.2) is 4.98 Å². The number of hydrogen-bond acceptors (Lipinski definition) is 4. The Bertz CT molecular complexity index is 530. The van der Waals surface area contributed by atoms with E-state index in [2.05, 4.69) is 10.3 Å². The van der Waals surface area contributed by atoms with Crippen molar-refractivity contribution in [2.45, 2.75) is 18.7 Å². The molecule has 0 spiro atoms. The molecule has 0 fully saturated rings. The molecule has 0 aliphatic rings. The van der Waals surface area contributed by atoms with E-state index in [1.54, 1.807) is 26.2 Å². The van der Waals surface area contributed by atoms with Crippen molar-refractivity contribution in [3.63, 3.8) is 0 Å². The molecule has 0 aliphatic carbocycles. The topological polar surface area (TPSA) is 140 Å². The summed E-state index contributed by atoms with van der Waals surface area (Å²) in [6, 6.07) is 1.58. The Morgan fingerprint density at radius 1 is 1.26 bits per heavy atom. The first-order chi connectivity index (χ1) is 8.55. The lowest BCUT2D eigenvalue weighted by atomic mass is 10.1. The van der Waals surface area contributed by atoms with Gasteiger partial charge in [0, 0.05) is 19.7 Å². The lowest BCUT2D eigenvalue weighted by Gasteiger charge is -2.20. The Kier molecular flexibility index (Phi) is 4.90. The molecule has 19 heavy (non-hydrogen) atoms. The number of hydrogen-bond donors (Lipinski definition) is 5. The summed E-state index contributed by atoms with van der Waals surface area (Å²) in [6.45, 7) is 1.72. The monoisotopic (exact) mass is 310 g/mol. The third-order valence-electron chi connectivity index (χ3n) is 2.52. The van der Waals surface area contributed by atoms with Gasteiger partial charge in [0.05, 0.1) is 0 Å². The van der Waals surface area contributed by atoms with E-state index >= 15 is 0 Å². The predicted octanol–water partition coefficient (Wildman–Crippen LogP) is 0.656. The zero-order valence-electron chi connectivity index (χ0n) is 10.4. The van der Waals surface area contributed by atoms with Crippen LogP contribution in [-0.2, 0) is 15.6 Å². The van der Waals surface area contributed by atoms with Crippen LogP contribution in [0.15, 0.2) is 12.3 Å². The zero-order chi connectivity index (χ0) is 14.8. The van der Waals surface area contributed by atoms with Gasteiger partial charge in [0.1, 0.15) is 5.82 Å². The van der Waals surface area contributed by atoms with Crippen molar-refractivity contribution in [1.82, 2.24) is 4.98 Å². The molecular weight excluding hydrogens is 294 g/mol. The van der Waals surface area contributed by atoms with E-state index in [1.165, 1.54) is 0 Å². The Balaban J connectivity index is 3.21. The van der Waals surface area contributed by atoms with E-state index in [9.17, 15) is 9.13 Å². The van der Waals surface area contributed by atoms with Gasteiger partial charge in [0.2, 0.25) is 0 Å². The zero-order valence-corrected chi connectivity index (χ0v) is 12.2. The SMILES string of the molecule is CNc1ncc(C)cc1CC(P(=O)(O)O)P(=O)(O)O. The van der Waals surface area contributed by atoms with Crippen LogP contribution in [0.1, 0.15) is 11.1 Å². The quantitative estimate of drug-likeness (QED) is 0.499. The van der Waals surface area contributed by atoms with Gasteiger partial charge in [-0.05, 0) is 18.1 Å². The van der Waals surface area contributed by atoms with Crippen molar-refractivity contribution in [2.24, 2.45) is 0 Å². The first-order valence-corrected chi connectivity index (χ1v) is 8.65. The van der Waals surface area contributed by atoms with Crippen molar-refractivity contribution >= 4 is 21.0 Å². The Morgan fingerprint density at radius 2 is 1.79 bits per heavy atom. The summed E-state index contributed by atoms with van der Waals surface area (Å²) < 4.78 is 22.5. The third-order valence-corrected chi connectivity index (χ3v) is 6.24. The number of anilines is 1. The Labute approximate surface area is 110 Å². The Morgan fingerprint density at radius 3 is 2.21 bits per heavy atom. The molecule has 0 bridgehead atoms. The number of nitrogens with zero attached hydrogens (tertiary/aromatic N) is 1. The molecular formula is C9H16N2O6P2. The molecule has 1 aromatic heterocycles. The van der Waals surface area contributed by atoms with Crippen LogP contribution in [0.3, 0.4) is 0 Å². The molecule has 5 N–H and O–H groups in total. The molecule has 0 aromatic carbocycles. The lowest BCUT2D eigenvalue weighted by Crippen LogP contribution is -2.14. The van der Waals surface area contributed by atoms with E-state index in [0.717, 1.165) is 5.56 Å². The van der Waals surface area contributed by atoms with Gasteiger partial charge in [-0.2, -0.15) is 0 Å². The van der Waals surface area contributed by atoms with Crippen LogP contribution in [0.4, 0.5) is 5.82 Å². The molecule has 0 saturated heterocycles.